The number of nitrogens with zero attached hydrogens (tertiary/aromatic N) is 4. The largest absolute Gasteiger partial charge is 0.491 e. The topological polar surface area (TPSA) is 131 Å². The Hall–Kier alpha value is -3.37. The first-order chi connectivity index (χ1) is 19.5. The SMILES string of the molecule is CCC[C@@H](O)COc1ccc(Cl)c(-c2nc(C(C(C)=O)=C(C)N)c(C)c(N3CC4(CCCN(C(=O)OC)C4)C3)n2)c1. The number of anilines is 1. The molecule has 0 unspecified atom stereocenters. The van der Waals surface area contributed by atoms with Gasteiger partial charge in [-0.2, -0.15) is 0 Å². The zero-order valence-electron chi connectivity index (χ0n) is 24.5. The predicted molar refractivity (Wildman–Crippen MR) is 159 cm³/mol. The predicted octanol–water partition coefficient (Wildman–Crippen LogP) is 4.59. The summed E-state index contributed by atoms with van der Waals surface area (Å²) in [6.07, 6.45) is 2.51. The number of rotatable bonds is 9. The minimum absolute atomic E-state index is 0.0576. The quantitative estimate of drug-likeness (QED) is 0.405. The van der Waals surface area contributed by atoms with Gasteiger partial charge in [-0.1, -0.05) is 24.9 Å². The molecule has 2 fully saturated rings. The standard InChI is InChI=1S/C30H40ClN5O5/c1-6-8-21(38)14-41-22-9-10-24(31)23(13-22)27-33-26(25(19(3)32)20(4)37)18(2)28(34-27)36-16-30(17-36)11-7-12-35(15-30)29(39)40-5/h9-10,13,21,38H,6-8,11-12,14-17,32H2,1-5H3/t21-/m1/s1. The summed E-state index contributed by atoms with van der Waals surface area (Å²) < 4.78 is 10.8. The van der Waals surface area contributed by atoms with Crippen molar-refractivity contribution in [2.24, 2.45) is 11.1 Å². The number of nitrogens with two attached hydrogens (primary N) is 1. The summed E-state index contributed by atoms with van der Waals surface area (Å²) >= 11 is 6.64. The molecule has 2 aliphatic rings. The van der Waals surface area contributed by atoms with Crippen LogP contribution in [0.4, 0.5) is 10.6 Å². The highest BCUT2D eigenvalue weighted by Gasteiger charge is 2.48. The minimum atomic E-state index is -0.572. The first-order valence-electron chi connectivity index (χ1n) is 14.0. The number of aliphatic hydroxyl groups excluding tert-OH is 1. The first-order valence-corrected chi connectivity index (χ1v) is 14.4. The summed E-state index contributed by atoms with van der Waals surface area (Å²) in [4.78, 5) is 38.6. The van der Waals surface area contributed by atoms with E-state index in [1.165, 1.54) is 14.0 Å². The summed E-state index contributed by atoms with van der Waals surface area (Å²) in [6, 6.07) is 5.19. The van der Waals surface area contributed by atoms with Crippen LogP contribution in [0.3, 0.4) is 0 Å². The van der Waals surface area contributed by atoms with Gasteiger partial charge in [0.15, 0.2) is 11.6 Å². The molecule has 1 aromatic heterocycles. The molecule has 1 aromatic carbocycles. The number of hydrogen-bond acceptors (Lipinski definition) is 9. The maximum absolute atomic E-state index is 12.7. The van der Waals surface area contributed by atoms with E-state index in [0.717, 1.165) is 24.8 Å². The molecular formula is C30H40ClN5O5. The van der Waals surface area contributed by atoms with Crippen LogP contribution in [0.15, 0.2) is 23.9 Å². The van der Waals surface area contributed by atoms with Crippen molar-refractivity contribution in [2.45, 2.75) is 59.5 Å². The van der Waals surface area contributed by atoms with Gasteiger partial charge in [0, 0.05) is 48.4 Å². The average molecular weight is 586 g/mol. The van der Waals surface area contributed by atoms with Crippen LogP contribution in [-0.2, 0) is 9.53 Å². The Bertz CT molecular complexity index is 1340. The van der Waals surface area contributed by atoms with E-state index in [4.69, 9.17) is 36.8 Å². The van der Waals surface area contributed by atoms with Crippen LogP contribution < -0.4 is 15.4 Å². The molecule has 2 saturated heterocycles. The molecule has 11 heteroatoms. The van der Waals surface area contributed by atoms with Gasteiger partial charge in [-0.15, -0.1) is 0 Å². The lowest BCUT2D eigenvalue weighted by Crippen LogP contribution is -2.64. The number of halogens is 1. The second-order valence-electron chi connectivity index (χ2n) is 11.2. The van der Waals surface area contributed by atoms with Crippen molar-refractivity contribution in [1.82, 2.24) is 14.9 Å². The van der Waals surface area contributed by atoms with E-state index in [-0.39, 0.29) is 23.9 Å². The fourth-order valence-electron chi connectivity index (χ4n) is 5.85. The van der Waals surface area contributed by atoms with Crippen LogP contribution in [0.1, 0.15) is 57.7 Å². The Morgan fingerprint density at radius 1 is 1.22 bits per heavy atom. The molecule has 0 bridgehead atoms. The maximum atomic E-state index is 12.7. The van der Waals surface area contributed by atoms with Gasteiger partial charge in [-0.3, -0.25) is 4.79 Å². The van der Waals surface area contributed by atoms with Crippen LogP contribution in [-0.4, -0.2) is 77.9 Å². The summed E-state index contributed by atoms with van der Waals surface area (Å²) in [5, 5.41) is 10.5. The molecule has 0 saturated carbocycles. The van der Waals surface area contributed by atoms with Gasteiger partial charge in [-0.25, -0.2) is 14.8 Å². The highest BCUT2D eigenvalue weighted by atomic mass is 35.5. The van der Waals surface area contributed by atoms with Crippen molar-refractivity contribution >= 4 is 34.9 Å². The van der Waals surface area contributed by atoms with Crippen molar-refractivity contribution < 1.29 is 24.2 Å². The van der Waals surface area contributed by atoms with E-state index < -0.39 is 6.10 Å². The van der Waals surface area contributed by atoms with E-state index in [1.807, 2.05) is 13.8 Å². The van der Waals surface area contributed by atoms with Crippen molar-refractivity contribution in [2.75, 3.05) is 44.8 Å². The maximum Gasteiger partial charge on any atom is 0.409 e. The molecule has 41 heavy (non-hydrogen) atoms. The van der Waals surface area contributed by atoms with E-state index >= 15 is 0 Å². The van der Waals surface area contributed by atoms with Crippen LogP contribution in [0.2, 0.25) is 5.02 Å². The second kappa shape index (κ2) is 12.7. The van der Waals surface area contributed by atoms with Crippen LogP contribution in [0, 0.1) is 12.3 Å². The summed E-state index contributed by atoms with van der Waals surface area (Å²) in [5.74, 6) is 1.35. The number of allylic oxidation sites excluding steroid dienone is 2. The number of carbonyl (C=O) groups excluding carboxylic acids is 2. The third-order valence-electron chi connectivity index (χ3n) is 7.79. The van der Waals surface area contributed by atoms with E-state index in [0.29, 0.717) is 77.5 Å². The number of piperidine rings is 1. The zero-order chi connectivity index (χ0) is 29.9. The normalized spacial score (nSPS) is 17.5. The van der Waals surface area contributed by atoms with E-state index in [1.54, 1.807) is 30.0 Å². The molecule has 2 aromatic rings. The molecule has 1 spiro atoms. The molecule has 1 atom stereocenters. The number of ketones is 1. The summed E-state index contributed by atoms with van der Waals surface area (Å²) in [7, 11) is 1.40. The molecule has 10 nitrogen and oxygen atoms in total. The molecule has 1 amide bonds. The fourth-order valence-corrected chi connectivity index (χ4v) is 6.05. The summed E-state index contributed by atoms with van der Waals surface area (Å²) in [6.45, 7) is 9.91. The van der Waals surface area contributed by atoms with Crippen LogP contribution in [0.5, 0.6) is 5.75 Å². The van der Waals surface area contributed by atoms with Crippen molar-refractivity contribution in [3.05, 3.63) is 40.2 Å². The highest BCUT2D eigenvalue weighted by Crippen LogP contribution is 2.43. The third-order valence-corrected chi connectivity index (χ3v) is 8.12. The number of ether oxygens (including phenoxy) is 2. The first kappa shape index (κ1) is 30.6. The lowest BCUT2D eigenvalue weighted by molar-refractivity contribution is -0.111. The monoisotopic (exact) mass is 585 g/mol. The molecule has 222 valence electrons. The Labute approximate surface area is 246 Å². The lowest BCUT2D eigenvalue weighted by Gasteiger charge is -2.55. The Balaban J connectivity index is 1.73. The van der Waals surface area contributed by atoms with E-state index in [9.17, 15) is 14.7 Å². The van der Waals surface area contributed by atoms with Gasteiger partial charge in [0.05, 0.1) is 29.5 Å². The van der Waals surface area contributed by atoms with Gasteiger partial charge >= 0.3 is 6.09 Å². The van der Waals surface area contributed by atoms with Crippen molar-refractivity contribution in [3.63, 3.8) is 0 Å². The van der Waals surface area contributed by atoms with E-state index in [2.05, 4.69) is 4.90 Å². The van der Waals surface area contributed by atoms with Crippen LogP contribution in [0.25, 0.3) is 17.0 Å². The van der Waals surface area contributed by atoms with Crippen LogP contribution >= 0.6 is 11.6 Å². The van der Waals surface area contributed by atoms with Crippen molar-refractivity contribution in [3.8, 4) is 17.1 Å². The second-order valence-corrected chi connectivity index (χ2v) is 11.6. The van der Waals surface area contributed by atoms with Gasteiger partial charge < -0.3 is 30.1 Å². The van der Waals surface area contributed by atoms with Gasteiger partial charge in [0.1, 0.15) is 18.2 Å². The molecule has 2 aliphatic heterocycles. The number of methoxy groups -OCH3 is 1. The lowest BCUT2D eigenvalue weighted by atomic mass is 9.73. The zero-order valence-corrected chi connectivity index (χ0v) is 25.3. The van der Waals surface area contributed by atoms with Gasteiger partial charge in [0.25, 0.3) is 0 Å². The molecular weight excluding hydrogens is 546 g/mol. The minimum Gasteiger partial charge on any atom is -0.491 e. The Morgan fingerprint density at radius 2 is 1.95 bits per heavy atom. The number of Topliss-reactive ketones (excluding diaryl/α,β-unsaturated/α-hetero) is 1. The number of carbonyl (C=O) groups is 2. The van der Waals surface area contributed by atoms with Gasteiger partial charge in [-0.05, 0) is 58.2 Å². The number of likely N-dealkylation sites (tertiary alicyclic amines) is 1. The number of hydrogen-bond donors (Lipinski definition) is 2. The molecule has 0 radical (unpaired) electrons. The highest BCUT2D eigenvalue weighted by molar-refractivity contribution is 6.33. The molecule has 0 aliphatic carbocycles. The average Bonchev–Trinajstić information content (AvgIpc) is 2.91. The number of aromatic nitrogens is 2. The molecule has 4 rings (SSSR count). The summed E-state index contributed by atoms with van der Waals surface area (Å²) in [5.41, 5.74) is 8.56. The Morgan fingerprint density at radius 3 is 2.59 bits per heavy atom. The number of benzene rings is 1. The van der Waals surface area contributed by atoms with Crippen molar-refractivity contribution in [1.29, 1.82) is 0 Å². The van der Waals surface area contributed by atoms with Gasteiger partial charge in [0.2, 0.25) is 0 Å². The Kier molecular flexibility index (Phi) is 9.44. The number of amides is 1. The smallest absolute Gasteiger partial charge is 0.409 e. The fraction of sp³-hybridized carbons (Fsp3) is 0.533. The number of aliphatic hydroxyl groups is 1. The molecule has 3 heterocycles. The third kappa shape index (κ3) is 6.59. The molecule has 3 N–H and O–H groups in total.